The van der Waals surface area contributed by atoms with Crippen LogP contribution >= 0.6 is 0 Å². The van der Waals surface area contributed by atoms with Crippen molar-refractivity contribution in [1.82, 2.24) is 0 Å². The molecule has 5 N–H and O–H groups in total. The van der Waals surface area contributed by atoms with E-state index in [0.29, 0.717) is 31.4 Å². The number of unbranched alkanes of at least 4 members (excludes halogenated alkanes) is 1. The smallest absolute Gasteiger partial charge is 0.303 e. The second-order valence-electron chi connectivity index (χ2n) is 14.7. The first-order valence-electron chi connectivity index (χ1n) is 16.2. The van der Waals surface area contributed by atoms with Crippen LogP contribution in [0.2, 0.25) is 0 Å². The first-order valence-corrected chi connectivity index (χ1v) is 16.2. The van der Waals surface area contributed by atoms with Gasteiger partial charge in [-0.1, -0.05) is 48.5 Å². The zero-order valence-electron chi connectivity index (χ0n) is 28.4. The molecule has 254 valence electrons. The van der Waals surface area contributed by atoms with Gasteiger partial charge in [0, 0.05) is 17.8 Å². The number of esters is 1. The van der Waals surface area contributed by atoms with Crippen molar-refractivity contribution >= 4 is 5.97 Å². The van der Waals surface area contributed by atoms with Crippen LogP contribution in [0.25, 0.3) is 0 Å². The molecule has 0 aromatic rings. The average molecular weight is 627 g/mol. The van der Waals surface area contributed by atoms with Crippen molar-refractivity contribution in [2.75, 3.05) is 6.61 Å². The van der Waals surface area contributed by atoms with E-state index in [9.17, 15) is 30.3 Å². The van der Waals surface area contributed by atoms with Crippen LogP contribution in [-0.2, 0) is 23.7 Å². The Morgan fingerprint density at radius 2 is 1.73 bits per heavy atom. The van der Waals surface area contributed by atoms with Crippen molar-refractivity contribution in [3.05, 3.63) is 24.2 Å². The van der Waals surface area contributed by atoms with E-state index < -0.39 is 65.3 Å². The highest BCUT2D eigenvalue weighted by atomic mass is 16.7. The van der Waals surface area contributed by atoms with Crippen molar-refractivity contribution in [2.45, 2.75) is 156 Å². The van der Waals surface area contributed by atoms with Crippen LogP contribution in [0.15, 0.2) is 11.3 Å². The van der Waals surface area contributed by atoms with E-state index in [2.05, 4.69) is 54.4 Å². The van der Waals surface area contributed by atoms with E-state index >= 15 is 0 Å². The second kappa shape index (κ2) is 13.8. The molecule has 0 unspecified atom stereocenters. The van der Waals surface area contributed by atoms with E-state index in [1.54, 1.807) is 13.8 Å². The first-order chi connectivity index (χ1) is 20.2. The molecule has 0 aromatic heterocycles. The average Bonchev–Trinajstić information content (AvgIpc) is 3.10. The molecule has 0 bridgehead atoms. The number of allylic oxidation sites excluding steroid dienone is 1. The Kier molecular flexibility index (Phi) is 11.7. The van der Waals surface area contributed by atoms with Gasteiger partial charge in [0.25, 0.3) is 0 Å². The lowest BCUT2D eigenvalue weighted by molar-refractivity contribution is -0.290. The monoisotopic (exact) mass is 626 g/mol. The van der Waals surface area contributed by atoms with Crippen molar-refractivity contribution in [3.8, 4) is 0 Å². The summed E-state index contributed by atoms with van der Waals surface area (Å²) in [6, 6.07) is 0. The van der Waals surface area contributed by atoms with Crippen LogP contribution in [0.5, 0.6) is 0 Å². The quantitative estimate of drug-likeness (QED) is 0.151. The Morgan fingerprint density at radius 3 is 2.27 bits per heavy atom. The number of aliphatic hydroxyl groups is 5. The zero-order chi connectivity index (χ0) is 33.4. The van der Waals surface area contributed by atoms with Crippen LogP contribution in [0.4, 0.5) is 0 Å². The fourth-order valence-corrected chi connectivity index (χ4v) is 7.65. The maximum Gasteiger partial charge on any atom is 0.303 e. The molecule has 1 aliphatic carbocycles. The molecule has 2 heterocycles. The molecule has 0 amide bonds. The normalized spacial score (nSPS) is 37.8. The third-order valence-corrected chi connectivity index (χ3v) is 10.6. The van der Waals surface area contributed by atoms with Gasteiger partial charge in [-0.3, -0.25) is 4.79 Å². The molecule has 10 heteroatoms. The van der Waals surface area contributed by atoms with Gasteiger partial charge < -0.3 is 44.5 Å². The number of hydrogen-bond acceptors (Lipinski definition) is 10. The molecule has 1 saturated heterocycles. The minimum Gasteiger partial charge on any atom is -0.488 e. The van der Waals surface area contributed by atoms with Crippen LogP contribution < -0.4 is 0 Å². The SMILES string of the molecule is CC[C@H](O[C@@H]1OC[C@@H](O)[C@H](O)[C@H]1O)C(C)(C)[CH]CC[CH][C@]1(C)[C@@H](O)C2=C([C@H](C)C[C@H]([C@@H](OC(C)=O)C(C)(C)O)O2)[C@@]1(C)CC. The maximum atomic E-state index is 11.9. The first kappa shape index (κ1) is 37.2. The number of carbonyl (C=O) groups is 1. The number of ether oxygens (including phenoxy) is 4. The number of rotatable bonds is 13. The van der Waals surface area contributed by atoms with Crippen molar-refractivity contribution in [2.24, 2.45) is 22.2 Å². The summed E-state index contributed by atoms with van der Waals surface area (Å²) in [5.74, 6) is 0.0784. The van der Waals surface area contributed by atoms with E-state index in [0.717, 1.165) is 12.0 Å². The largest absolute Gasteiger partial charge is 0.488 e. The van der Waals surface area contributed by atoms with E-state index in [-0.39, 0.29) is 24.0 Å². The number of aliphatic hydroxyl groups excluding tert-OH is 4. The zero-order valence-corrected chi connectivity index (χ0v) is 28.4. The summed E-state index contributed by atoms with van der Waals surface area (Å²) in [4.78, 5) is 11.9. The van der Waals surface area contributed by atoms with Crippen LogP contribution in [0.3, 0.4) is 0 Å². The molecule has 0 saturated carbocycles. The summed E-state index contributed by atoms with van der Waals surface area (Å²) in [6.45, 7) is 19.0. The van der Waals surface area contributed by atoms with Gasteiger partial charge in [-0.15, -0.1) is 0 Å². The van der Waals surface area contributed by atoms with Gasteiger partial charge in [0.05, 0.1) is 18.3 Å². The predicted molar refractivity (Wildman–Crippen MR) is 165 cm³/mol. The van der Waals surface area contributed by atoms with Crippen molar-refractivity contribution in [3.63, 3.8) is 0 Å². The Morgan fingerprint density at radius 1 is 1.09 bits per heavy atom. The van der Waals surface area contributed by atoms with Crippen LogP contribution in [0.1, 0.15) is 101 Å². The van der Waals surface area contributed by atoms with E-state index in [4.69, 9.17) is 18.9 Å². The molecule has 10 nitrogen and oxygen atoms in total. The molecule has 3 aliphatic rings. The Hall–Kier alpha value is -1.27. The molecule has 44 heavy (non-hydrogen) atoms. The maximum absolute atomic E-state index is 11.9. The Bertz CT molecular complexity index is 1020. The van der Waals surface area contributed by atoms with Crippen molar-refractivity contribution < 1.29 is 49.3 Å². The Labute approximate surface area is 264 Å². The van der Waals surface area contributed by atoms with Crippen LogP contribution in [0, 0.1) is 35.0 Å². The topological polar surface area (TPSA) is 155 Å². The molecule has 11 atom stereocenters. The lowest BCUT2D eigenvalue weighted by atomic mass is 9.58. The summed E-state index contributed by atoms with van der Waals surface area (Å²) in [6.07, 6.45) is 0.218. The van der Waals surface area contributed by atoms with Gasteiger partial charge in [-0.05, 0) is 75.7 Å². The third kappa shape index (κ3) is 7.16. The third-order valence-electron chi connectivity index (χ3n) is 10.6. The minimum atomic E-state index is -1.34. The molecule has 3 rings (SSSR count). The highest BCUT2D eigenvalue weighted by Crippen LogP contribution is 2.63. The van der Waals surface area contributed by atoms with Gasteiger partial charge in [-0.2, -0.15) is 0 Å². The molecular formula is C34H58O10. The molecular weight excluding hydrogens is 568 g/mol. The Balaban J connectivity index is 1.70. The highest BCUT2D eigenvalue weighted by Gasteiger charge is 2.61. The highest BCUT2D eigenvalue weighted by molar-refractivity contribution is 5.66. The molecule has 0 aromatic carbocycles. The van der Waals surface area contributed by atoms with E-state index in [1.807, 2.05) is 6.92 Å². The van der Waals surface area contributed by atoms with Gasteiger partial charge in [0.1, 0.15) is 36.3 Å². The summed E-state index contributed by atoms with van der Waals surface area (Å²) >= 11 is 0. The number of hydrogen-bond donors (Lipinski definition) is 5. The molecule has 2 aliphatic heterocycles. The van der Waals surface area contributed by atoms with E-state index in [1.165, 1.54) is 6.92 Å². The summed E-state index contributed by atoms with van der Waals surface area (Å²) in [5.41, 5.74) is -1.64. The number of carbonyl (C=O) groups excluding carboxylic acids is 1. The van der Waals surface area contributed by atoms with Gasteiger partial charge in [0.2, 0.25) is 0 Å². The van der Waals surface area contributed by atoms with Crippen LogP contribution in [-0.4, -0.2) is 92.7 Å². The molecule has 1 fully saturated rings. The summed E-state index contributed by atoms with van der Waals surface area (Å²) < 4.78 is 23.6. The fraction of sp³-hybridized carbons (Fsp3) is 0.853. The van der Waals surface area contributed by atoms with Gasteiger partial charge in [-0.25, -0.2) is 0 Å². The minimum absolute atomic E-state index is 0.0453. The van der Waals surface area contributed by atoms with Crippen molar-refractivity contribution in [1.29, 1.82) is 0 Å². The van der Waals surface area contributed by atoms with Gasteiger partial charge in [0.15, 0.2) is 12.4 Å². The second-order valence-corrected chi connectivity index (χ2v) is 14.7. The lowest BCUT2D eigenvalue weighted by Gasteiger charge is -2.46. The molecule has 0 spiro atoms. The fourth-order valence-electron chi connectivity index (χ4n) is 7.65. The predicted octanol–water partition coefficient (Wildman–Crippen LogP) is 3.61. The lowest BCUT2D eigenvalue weighted by Crippen LogP contribution is -2.55. The summed E-state index contributed by atoms with van der Waals surface area (Å²) in [5, 5.41) is 52.9. The molecule has 2 radical (unpaired) electrons. The summed E-state index contributed by atoms with van der Waals surface area (Å²) in [7, 11) is 0. The van der Waals surface area contributed by atoms with Gasteiger partial charge >= 0.3 is 5.97 Å². The standard InChI is InChI=1S/C34H58O10/c1-11-23(44-30-26(38)25(37)21(36)18-41-30)31(5,6)15-13-14-16-34(10)28(39)27-24(33(34,9)12-2)19(3)17-22(43-27)29(32(7,8)40)42-20(4)35/h15-16,19,21-23,25-26,28-30,36-40H,11-14,17-18H2,1-10H3/t19-,21-,22-,23+,25+,26-,28+,29-,30+,33-,34-/m1/s1.